The van der Waals surface area contributed by atoms with Crippen LogP contribution in [0.25, 0.3) is 10.8 Å². The SMILES string of the molecule is CCCCN1CCCN(c2ccc3c4c(cccc24)S(=O)(=O)N3CC(C)C)CC1. The molecule has 29 heavy (non-hydrogen) atoms. The Morgan fingerprint density at radius 1 is 1.00 bits per heavy atom. The van der Waals surface area contributed by atoms with E-state index in [2.05, 4.69) is 42.7 Å². The summed E-state index contributed by atoms with van der Waals surface area (Å²) >= 11 is 0. The zero-order valence-corrected chi connectivity index (χ0v) is 18.7. The van der Waals surface area contributed by atoms with Gasteiger partial charge in [0.15, 0.2) is 0 Å². The highest BCUT2D eigenvalue weighted by atomic mass is 32.2. The fourth-order valence-corrected chi connectivity index (χ4v) is 6.50. The van der Waals surface area contributed by atoms with E-state index in [9.17, 15) is 8.42 Å². The predicted octanol–water partition coefficient (Wildman–Crippen LogP) is 4.32. The van der Waals surface area contributed by atoms with E-state index in [0.717, 1.165) is 49.1 Å². The summed E-state index contributed by atoms with van der Waals surface area (Å²) < 4.78 is 28.0. The van der Waals surface area contributed by atoms with Gasteiger partial charge in [-0.25, -0.2) is 8.42 Å². The summed E-state index contributed by atoms with van der Waals surface area (Å²) in [6, 6.07) is 9.91. The summed E-state index contributed by atoms with van der Waals surface area (Å²) in [5, 5.41) is 1.97. The lowest BCUT2D eigenvalue weighted by Gasteiger charge is -2.26. The molecule has 2 aromatic rings. The van der Waals surface area contributed by atoms with Crippen LogP contribution < -0.4 is 9.21 Å². The van der Waals surface area contributed by atoms with E-state index in [4.69, 9.17) is 0 Å². The van der Waals surface area contributed by atoms with Crippen molar-refractivity contribution < 1.29 is 8.42 Å². The molecule has 0 amide bonds. The number of sulfonamides is 1. The van der Waals surface area contributed by atoms with Gasteiger partial charge in [-0.2, -0.15) is 0 Å². The summed E-state index contributed by atoms with van der Waals surface area (Å²) in [7, 11) is -3.46. The van der Waals surface area contributed by atoms with Crippen molar-refractivity contribution in [3.63, 3.8) is 0 Å². The number of hydrogen-bond donors (Lipinski definition) is 0. The first-order valence-electron chi connectivity index (χ1n) is 11.0. The van der Waals surface area contributed by atoms with E-state index in [1.54, 1.807) is 10.4 Å². The van der Waals surface area contributed by atoms with Gasteiger partial charge in [-0.3, -0.25) is 4.31 Å². The van der Waals surface area contributed by atoms with Crippen molar-refractivity contribution in [2.75, 3.05) is 48.5 Å². The number of rotatable bonds is 6. The lowest BCUT2D eigenvalue weighted by atomic mass is 10.0. The molecular weight excluding hydrogens is 382 g/mol. The normalized spacial score (nSPS) is 19.3. The maximum atomic E-state index is 13.2. The highest BCUT2D eigenvalue weighted by Gasteiger charge is 2.36. The van der Waals surface area contributed by atoms with Crippen molar-refractivity contribution in [1.82, 2.24) is 4.90 Å². The van der Waals surface area contributed by atoms with Crippen LogP contribution in [0.3, 0.4) is 0 Å². The minimum atomic E-state index is -3.46. The van der Waals surface area contributed by atoms with E-state index in [1.165, 1.54) is 25.1 Å². The van der Waals surface area contributed by atoms with Gasteiger partial charge in [0, 0.05) is 42.6 Å². The molecule has 1 saturated heterocycles. The monoisotopic (exact) mass is 415 g/mol. The van der Waals surface area contributed by atoms with Crippen molar-refractivity contribution in [2.24, 2.45) is 5.92 Å². The summed E-state index contributed by atoms with van der Waals surface area (Å²) in [4.78, 5) is 5.48. The van der Waals surface area contributed by atoms with E-state index in [0.29, 0.717) is 11.4 Å². The van der Waals surface area contributed by atoms with Gasteiger partial charge in [-0.05, 0) is 50.0 Å². The van der Waals surface area contributed by atoms with Crippen molar-refractivity contribution in [1.29, 1.82) is 0 Å². The summed E-state index contributed by atoms with van der Waals surface area (Å²) in [6.07, 6.45) is 3.63. The lowest BCUT2D eigenvalue weighted by Crippen LogP contribution is -2.31. The molecule has 2 aliphatic rings. The van der Waals surface area contributed by atoms with Crippen LogP contribution in [0.4, 0.5) is 11.4 Å². The molecule has 4 rings (SSSR count). The first kappa shape index (κ1) is 20.5. The molecule has 0 spiro atoms. The van der Waals surface area contributed by atoms with Crippen LogP contribution in [0.5, 0.6) is 0 Å². The van der Waals surface area contributed by atoms with Crippen molar-refractivity contribution >= 4 is 32.2 Å². The van der Waals surface area contributed by atoms with Gasteiger partial charge < -0.3 is 9.80 Å². The zero-order valence-electron chi connectivity index (χ0n) is 17.9. The second-order valence-corrected chi connectivity index (χ2v) is 10.6. The van der Waals surface area contributed by atoms with Crippen LogP contribution in [0.1, 0.15) is 40.0 Å². The van der Waals surface area contributed by atoms with E-state index < -0.39 is 10.0 Å². The third kappa shape index (κ3) is 3.73. The molecule has 0 atom stereocenters. The maximum Gasteiger partial charge on any atom is 0.265 e. The number of benzene rings is 2. The molecule has 0 radical (unpaired) electrons. The van der Waals surface area contributed by atoms with Gasteiger partial charge in [0.25, 0.3) is 10.0 Å². The van der Waals surface area contributed by atoms with Crippen LogP contribution in [0.2, 0.25) is 0 Å². The fourth-order valence-electron chi connectivity index (χ4n) is 4.63. The fraction of sp³-hybridized carbons (Fsp3) is 0.565. The Balaban J connectivity index is 1.71. The molecule has 158 valence electrons. The lowest BCUT2D eigenvalue weighted by molar-refractivity contribution is 0.289. The molecule has 2 aromatic carbocycles. The smallest absolute Gasteiger partial charge is 0.265 e. The van der Waals surface area contributed by atoms with Gasteiger partial charge in [-0.1, -0.05) is 39.3 Å². The topological polar surface area (TPSA) is 43.9 Å². The Labute approximate surface area is 175 Å². The minimum absolute atomic E-state index is 0.272. The largest absolute Gasteiger partial charge is 0.370 e. The number of nitrogens with zero attached hydrogens (tertiary/aromatic N) is 3. The molecular formula is C23H33N3O2S. The third-order valence-corrected chi connectivity index (χ3v) is 7.90. The van der Waals surface area contributed by atoms with Crippen LogP contribution in [0, 0.1) is 5.92 Å². The Morgan fingerprint density at radius 2 is 1.79 bits per heavy atom. The van der Waals surface area contributed by atoms with Crippen LogP contribution in [-0.4, -0.2) is 52.6 Å². The first-order chi connectivity index (χ1) is 13.9. The van der Waals surface area contributed by atoms with Gasteiger partial charge in [-0.15, -0.1) is 0 Å². The molecule has 6 heteroatoms. The Kier molecular flexibility index (Phi) is 5.76. The van der Waals surface area contributed by atoms with Crippen molar-refractivity contribution in [3.05, 3.63) is 30.3 Å². The average Bonchev–Trinajstić information content (AvgIpc) is 2.85. The molecule has 0 saturated carbocycles. The van der Waals surface area contributed by atoms with Gasteiger partial charge in [0.1, 0.15) is 0 Å². The number of anilines is 2. The molecule has 0 unspecified atom stereocenters. The number of hydrogen-bond acceptors (Lipinski definition) is 4. The molecule has 0 N–H and O–H groups in total. The molecule has 2 heterocycles. The zero-order chi connectivity index (χ0) is 20.6. The second kappa shape index (κ2) is 8.15. The van der Waals surface area contributed by atoms with E-state index in [-0.39, 0.29) is 5.92 Å². The Hall–Kier alpha value is -1.79. The first-order valence-corrected chi connectivity index (χ1v) is 12.4. The Bertz CT molecular complexity index is 987. The second-order valence-electron chi connectivity index (χ2n) is 8.75. The molecule has 0 bridgehead atoms. The minimum Gasteiger partial charge on any atom is -0.370 e. The van der Waals surface area contributed by atoms with Crippen molar-refractivity contribution in [3.8, 4) is 0 Å². The highest BCUT2D eigenvalue weighted by Crippen LogP contribution is 2.45. The predicted molar refractivity (Wildman–Crippen MR) is 121 cm³/mol. The molecule has 5 nitrogen and oxygen atoms in total. The average molecular weight is 416 g/mol. The van der Waals surface area contributed by atoms with E-state index >= 15 is 0 Å². The van der Waals surface area contributed by atoms with Crippen LogP contribution in [-0.2, 0) is 10.0 Å². The van der Waals surface area contributed by atoms with E-state index in [1.807, 2.05) is 12.1 Å². The summed E-state index contributed by atoms with van der Waals surface area (Å²) in [6.45, 7) is 12.3. The summed E-state index contributed by atoms with van der Waals surface area (Å²) in [5.74, 6) is 0.272. The van der Waals surface area contributed by atoms with Gasteiger partial charge in [0.2, 0.25) is 0 Å². The van der Waals surface area contributed by atoms with Crippen LogP contribution in [0.15, 0.2) is 35.2 Å². The van der Waals surface area contributed by atoms with Crippen molar-refractivity contribution in [2.45, 2.75) is 44.9 Å². The third-order valence-electron chi connectivity index (χ3n) is 6.08. The molecule has 0 aliphatic carbocycles. The molecule has 1 fully saturated rings. The van der Waals surface area contributed by atoms with Gasteiger partial charge in [0.05, 0.1) is 10.6 Å². The standard InChI is InChI=1S/C23H33N3O2S/c1-4-5-12-24-13-7-14-25(16-15-24)20-10-11-21-23-19(20)8-6-9-22(23)29(27,28)26(21)17-18(2)3/h6,8-11,18H,4-5,7,12-17H2,1-3H3. The van der Waals surface area contributed by atoms with Crippen LogP contribution >= 0.6 is 0 Å². The highest BCUT2D eigenvalue weighted by molar-refractivity contribution is 7.93. The summed E-state index contributed by atoms with van der Waals surface area (Å²) in [5.41, 5.74) is 2.01. The molecule has 0 aromatic heterocycles. The molecule has 2 aliphatic heterocycles. The van der Waals surface area contributed by atoms with Gasteiger partial charge >= 0.3 is 0 Å². The quantitative estimate of drug-likeness (QED) is 0.705. The Morgan fingerprint density at radius 3 is 2.55 bits per heavy atom. The number of unbranched alkanes of at least 4 members (excludes halogenated alkanes) is 1. The maximum absolute atomic E-state index is 13.2.